The van der Waals surface area contributed by atoms with Crippen LogP contribution in [-0.2, 0) is 0 Å². The minimum absolute atomic E-state index is 0. The lowest BCUT2D eigenvalue weighted by atomic mass is 9.71. The van der Waals surface area contributed by atoms with E-state index >= 15 is 0 Å². The summed E-state index contributed by atoms with van der Waals surface area (Å²) in [6.45, 7) is 0. The normalized spacial score (nSPS) is 37.1. The van der Waals surface area contributed by atoms with Gasteiger partial charge in [0, 0.05) is 0 Å². The van der Waals surface area contributed by atoms with Crippen molar-refractivity contribution in [2.24, 2.45) is 11.8 Å². The molecule has 2 saturated carbocycles. The SMILES string of the molecule is C1CCC2CCCCC2C1.N. The van der Waals surface area contributed by atoms with Crippen molar-refractivity contribution in [1.29, 1.82) is 0 Å². The summed E-state index contributed by atoms with van der Waals surface area (Å²) < 4.78 is 0. The predicted molar refractivity (Wildman–Crippen MR) is 48.9 cm³/mol. The van der Waals surface area contributed by atoms with Crippen LogP contribution in [0.15, 0.2) is 0 Å². The average molecular weight is 155 g/mol. The van der Waals surface area contributed by atoms with Crippen LogP contribution in [-0.4, -0.2) is 0 Å². The Morgan fingerprint density at radius 2 is 0.818 bits per heavy atom. The van der Waals surface area contributed by atoms with Gasteiger partial charge in [0.05, 0.1) is 0 Å². The number of rotatable bonds is 0. The van der Waals surface area contributed by atoms with Crippen LogP contribution in [0, 0.1) is 11.8 Å². The fourth-order valence-corrected chi connectivity index (χ4v) is 2.86. The molecular weight excluding hydrogens is 134 g/mol. The van der Waals surface area contributed by atoms with Crippen LogP contribution in [0.4, 0.5) is 0 Å². The first-order chi connectivity index (χ1) is 4.97. The van der Waals surface area contributed by atoms with Gasteiger partial charge in [-0.1, -0.05) is 51.4 Å². The highest BCUT2D eigenvalue weighted by molar-refractivity contribution is 4.78. The summed E-state index contributed by atoms with van der Waals surface area (Å²) in [6.07, 6.45) is 12.4. The van der Waals surface area contributed by atoms with Gasteiger partial charge in [0.1, 0.15) is 0 Å². The summed E-state index contributed by atoms with van der Waals surface area (Å²) in [5.74, 6) is 2.31. The quantitative estimate of drug-likeness (QED) is 0.570. The second kappa shape index (κ2) is 4.10. The number of fused-ring (bicyclic) bond motifs is 1. The minimum Gasteiger partial charge on any atom is -0.344 e. The molecule has 0 saturated heterocycles. The average Bonchev–Trinajstić information content (AvgIpc) is 2.05. The number of hydrogen-bond donors (Lipinski definition) is 1. The lowest BCUT2D eigenvalue weighted by Crippen LogP contribution is -2.22. The van der Waals surface area contributed by atoms with Gasteiger partial charge < -0.3 is 6.15 Å². The molecule has 0 aromatic heterocycles. The van der Waals surface area contributed by atoms with Gasteiger partial charge in [0.15, 0.2) is 0 Å². The second-order valence-electron chi connectivity index (χ2n) is 4.09. The molecule has 2 aliphatic rings. The van der Waals surface area contributed by atoms with Crippen molar-refractivity contribution in [1.82, 2.24) is 6.15 Å². The van der Waals surface area contributed by atoms with Gasteiger partial charge in [-0.25, -0.2) is 0 Å². The summed E-state index contributed by atoms with van der Waals surface area (Å²) in [7, 11) is 0. The molecule has 2 aliphatic carbocycles. The Hall–Kier alpha value is -0.0400. The highest BCUT2D eigenvalue weighted by atomic mass is 14.3. The Morgan fingerprint density at radius 3 is 1.09 bits per heavy atom. The first kappa shape index (κ1) is 9.05. The van der Waals surface area contributed by atoms with Crippen LogP contribution in [0.3, 0.4) is 0 Å². The van der Waals surface area contributed by atoms with E-state index in [1.54, 1.807) is 25.7 Å². The molecule has 0 radical (unpaired) electrons. The Kier molecular flexibility index (Phi) is 3.38. The molecule has 11 heavy (non-hydrogen) atoms. The van der Waals surface area contributed by atoms with Crippen LogP contribution >= 0.6 is 0 Å². The Bertz CT molecular complexity index is 85.4. The molecule has 1 heteroatoms. The molecule has 0 amide bonds. The van der Waals surface area contributed by atoms with E-state index < -0.39 is 0 Å². The van der Waals surface area contributed by atoms with Gasteiger partial charge in [-0.2, -0.15) is 0 Å². The van der Waals surface area contributed by atoms with Crippen molar-refractivity contribution in [3.05, 3.63) is 0 Å². The molecule has 0 aromatic carbocycles. The molecule has 2 fully saturated rings. The predicted octanol–water partition coefficient (Wildman–Crippen LogP) is 3.53. The van der Waals surface area contributed by atoms with Crippen LogP contribution < -0.4 is 6.15 Å². The molecule has 66 valence electrons. The Labute approximate surface area is 70.1 Å². The molecule has 1 nitrogen and oxygen atoms in total. The molecule has 2 rings (SSSR count). The van der Waals surface area contributed by atoms with E-state index in [2.05, 4.69) is 0 Å². The molecule has 0 unspecified atom stereocenters. The van der Waals surface area contributed by atoms with Crippen molar-refractivity contribution in [3.63, 3.8) is 0 Å². The van der Waals surface area contributed by atoms with Crippen molar-refractivity contribution >= 4 is 0 Å². The summed E-state index contributed by atoms with van der Waals surface area (Å²) in [5, 5.41) is 0. The zero-order valence-corrected chi connectivity index (χ0v) is 7.52. The third kappa shape index (κ3) is 1.96. The number of hydrogen-bond acceptors (Lipinski definition) is 1. The summed E-state index contributed by atoms with van der Waals surface area (Å²) in [6, 6.07) is 0. The summed E-state index contributed by atoms with van der Waals surface area (Å²) in [4.78, 5) is 0. The van der Waals surface area contributed by atoms with Crippen molar-refractivity contribution < 1.29 is 0 Å². The molecule has 0 spiro atoms. The van der Waals surface area contributed by atoms with Gasteiger partial charge in [0.25, 0.3) is 0 Å². The lowest BCUT2D eigenvalue weighted by molar-refractivity contribution is 0.171. The maximum Gasteiger partial charge on any atom is -0.0386 e. The fraction of sp³-hybridized carbons (Fsp3) is 1.00. The molecule has 0 aromatic rings. The van der Waals surface area contributed by atoms with E-state index in [9.17, 15) is 0 Å². The van der Waals surface area contributed by atoms with Gasteiger partial charge in [-0.15, -0.1) is 0 Å². The van der Waals surface area contributed by atoms with Crippen LogP contribution in [0.5, 0.6) is 0 Å². The van der Waals surface area contributed by atoms with E-state index in [0.29, 0.717) is 0 Å². The maximum absolute atomic E-state index is 1.56. The zero-order chi connectivity index (χ0) is 6.81. The standard InChI is InChI=1S/C10H18.H3N/c1-2-6-10-8-4-3-7-9(10)5-1;/h9-10H,1-8H2;1H3. The Morgan fingerprint density at radius 1 is 0.545 bits per heavy atom. The fourth-order valence-electron chi connectivity index (χ4n) is 2.86. The van der Waals surface area contributed by atoms with Gasteiger partial charge in [-0.05, 0) is 11.8 Å². The van der Waals surface area contributed by atoms with Gasteiger partial charge in [0.2, 0.25) is 0 Å². The lowest BCUT2D eigenvalue weighted by Gasteiger charge is -2.35. The smallest absolute Gasteiger partial charge is 0.0386 e. The third-order valence-corrected chi connectivity index (χ3v) is 3.47. The maximum atomic E-state index is 1.56. The molecule has 0 atom stereocenters. The summed E-state index contributed by atoms with van der Waals surface area (Å²) >= 11 is 0. The van der Waals surface area contributed by atoms with E-state index in [4.69, 9.17) is 0 Å². The molecule has 0 aliphatic heterocycles. The van der Waals surface area contributed by atoms with Crippen molar-refractivity contribution in [2.45, 2.75) is 51.4 Å². The highest BCUT2D eigenvalue weighted by Crippen LogP contribution is 2.39. The van der Waals surface area contributed by atoms with Crippen LogP contribution in [0.1, 0.15) is 51.4 Å². The molecule has 0 bridgehead atoms. The van der Waals surface area contributed by atoms with Gasteiger partial charge in [-0.3, -0.25) is 0 Å². The van der Waals surface area contributed by atoms with E-state index in [1.165, 1.54) is 25.7 Å². The first-order valence-corrected chi connectivity index (χ1v) is 4.97. The van der Waals surface area contributed by atoms with E-state index in [-0.39, 0.29) is 6.15 Å². The first-order valence-electron chi connectivity index (χ1n) is 4.97. The monoisotopic (exact) mass is 155 g/mol. The van der Waals surface area contributed by atoms with E-state index in [0.717, 1.165) is 11.8 Å². The highest BCUT2D eigenvalue weighted by Gasteiger charge is 2.26. The van der Waals surface area contributed by atoms with Crippen molar-refractivity contribution in [2.75, 3.05) is 0 Å². The molecular formula is C10H21N. The van der Waals surface area contributed by atoms with Crippen molar-refractivity contribution in [3.8, 4) is 0 Å². The van der Waals surface area contributed by atoms with Crippen LogP contribution in [0.25, 0.3) is 0 Å². The topological polar surface area (TPSA) is 35.0 Å². The zero-order valence-electron chi connectivity index (χ0n) is 7.52. The largest absolute Gasteiger partial charge is 0.344 e. The minimum atomic E-state index is 0. The summed E-state index contributed by atoms with van der Waals surface area (Å²) in [5.41, 5.74) is 0. The molecule has 0 heterocycles. The second-order valence-corrected chi connectivity index (χ2v) is 4.09. The molecule has 3 N–H and O–H groups in total. The third-order valence-electron chi connectivity index (χ3n) is 3.47. The van der Waals surface area contributed by atoms with E-state index in [1.807, 2.05) is 0 Å². The van der Waals surface area contributed by atoms with Crippen LogP contribution in [0.2, 0.25) is 0 Å². The Balaban J connectivity index is 0.000000605. The van der Waals surface area contributed by atoms with Gasteiger partial charge >= 0.3 is 0 Å².